The Hall–Kier alpha value is -4.13. The van der Waals surface area contributed by atoms with Crippen LogP contribution in [0.15, 0.2) is 71.8 Å². The fraction of sp³-hybridized carbons (Fsp3) is 0.300. The fourth-order valence-electron chi connectivity index (χ4n) is 4.54. The first-order valence-electron chi connectivity index (χ1n) is 12.8. The molecule has 2 amide bonds. The van der Waals surface area contributed by atoms with Crippen molar-refractivity contribution in [2.24, 2.45) is 10.8 Å². The molecule has 0 heterocycles. The molecular formula is C30H33N3O4. The van der Waals surface area contributed by atoms with E-state index < -0.39 is 6.03 Å². The van der Waals surface area contributed by atoms with E-state index in [0.717, 1.165) is 48.4 Å². The highest BCUT2D eigenvalue weighted by atomic mass is 16.5. The summed E-state index contributed by atoms with van der Waals surface area (Å²) in [5, 5.41) is 3.70. The van der Waals surface area contributed by atoms with Crippen LogP contribution in [0.3, 0.4) is 0 Å². The molecule has 0 aromatic heterocycles. The summed E-state index contributed by atoms with van der Waals surface area (Å²) >= 11 is 0. The van der Waals surface area contributed by atoms with Gasteiger partial charge in [-0.3, -0.25) is 4.79 Å². The number of nitrogens with zero attached hydrogens (tertiary/aromatic N) is 1. The number of hydrogen-bond donors (Lipinski definition) is 2. The average molecular weight is 500 g/mol. The predicted octanol–water partition coefficient (Wildman–Crippen LogP) is 6.18. The maximum absolute atomic E-state index is 10.5. The number of fused-ring (bicyclic) bond motifs is 1. The number of benzene rings is 3. The van der Waals surface area contributed by atoms with Gasteiger partial charge in [0, 0.05) is 5.56 Å². The monoisotopic (exact) mass is 499 g/mol. The van der Waals surface area contributed by atoms with Crippen molar-refractivity contribution in [1.82, 2.24) is 5.43 Å². The van der Waals surface area contributed by atoms with E-state index in [1.54, 1.807) is 12.1 Å². The number of hydrogen-bond acceptors (Lipinski definition) is 5. The van der Waals surface area contributed by atoms with Gasteiger partial charge >= 0.3 is 6.03 Å². The van der Waals surface area contributed by atoms with E-state index in [2.05, 4.69) is 22.7 Å². The number of aryl methyl sites for hydroxylation is 2. The van der Waals surface area contributed by atoms with Crippen molar-refractivity contribution in [3.63, 3.8) is 0 Å². The topological polar surface area (TPSA) is 103 Å². The van der Waals surface area contributed by atoms with Crippen LogP contribution in [-0.4, -0.2) is 24.6 Å². The number of nitrogens with two attached hydrogens (primary N) is 1. The standard InChI is InChI=1S/C17H17N3O2.C13H16O2/c18-17(21)20-19-11-12-4-7-15(8-5-12)22-16-9-6-13-2-1-3-14(13)10-16;14-10-11-6-8-13(9-7-11)15-12-4-2-1-3-5-12/h4-11H,1-3H2,(H3,18,20,21);6-10,12H,1-5H2. The van der Waals surface area contributed by atoms with Crippen LogP contribution >= 0.6 is 0 Å². The van der Waals surface area contributed by atoms with Gasteiger partial charge in [-0.15, -0.1) is 0 Å². The van der Waals surface area contributed by atoms with Gasteiger partial charge in [0.1, 0.15) is 23.5 Å². The lowest BCUT2D eigenvalue weighted by Gasteiger charge is -2.22. The highest BCUT2D eigenvalue weighted by Crippen LogP contribution is 2.29. The molecule has 1 saturated carbocycles. The molecule has 0 radical (unpaired) electrons. The van der Waals surface area contributed by atoms with Gasteiger partial charge in [-0.05, 0) is 122 Å². The molecule has 1 fully saturated rings. The molecule has 0 spiro atoms. The van der Waals surface area contributed by atoms with Crippen LogP contribution in [0.2, 0.25) is 0 Å². The summed E-state index contributed by atoms with van der Waals surface area (Å²) < 4.78 is 11.7. The molecule has 37 heavy (non-hydrogen) atoms. The number of carbonyl (C=O) groups is 2. The molecule has 3 N–H and O–H groups in total. The average Bonchev–Trinajstić information content (AvgIpc) is 3.39. The fourth-order valence-corrected chi connectivity index (χ4v) is 4.54. The van der Waals surface area contributed by atoms with Gasteiger partial charge in [-0.25, -0.2) is 10.2 Å². The highest BCUT2D eigenvalue weighted by molar-refractivity contribution is 5.81. The predicted molar refractivity (Wildman–Crippen MR) is 145 cm³/mol. The van der Waals surface area contributed by atoms with E-state index in [1.807, 2.05) is 42.5 Å². The van der Waals surface area contributed by atoms with Gasteiger partial charge in [0.05, 0.1) is 12.3 Å². The second-order valence-electron chi connectivity index (χ2n) is 9.25. The lowest BCUT2D eigenvalue weighted by Crippen LogP contribution is -2.24. The first-order valence-corrected chi connectivity index (χ1v) is 12.8. The van der Waals surface area contributed by atoms with Gasteiger partial charge in [-0.2, -0.15) is 5.10 Å². The Morgan fingerprint density at radius 1 is 0.811 bits per heavy atom. The van der Waals surface area contributed by atoms with Crippen LogP contribution in [0.5, 0.6) is 17.2 Å². The van der Waals surface area contributed by atoms with Gasteiger partial charge < -0.3 is 15.2 Å². The molecule has 192 valence electrons. The van der Waals surface area contributed by atoms with Crippen molar-refractivity contribution in [2.75, 3.05) is 0 Å². The van der Waals surface area contributed by atoms with Crippen LogP contribution in [0, 0.1) is 0 Å². The Morgan fingerprint density at radius 2 is 1.46 bits per heavy atom. The number of carbonyl (C=O) groups excluding carboxylic acids is 2. The van der Waals surface area contributed by atoms with Crippen LogP contribution in [0.25, 0.3) is 0 Å². The Balaban J connectivity index is 0.000000186. The maximum atomic E-state index is 10.5. The van der Waals surface area contributed by atoms with Crippen molar-refractivity contribution in [3.8, 4) is 17.2 Å². The minimum Gasteiger partial charge on any atom is -0.490 e. The van der Waals surface area contributed by atoms with Gasteiger partial charge in [-0.1, -0.05) is 12.5 Å². The number of hydrazone groups is 1. The number of rotatable bonds is 7. The van der Waals surface area contributed by atoms with E-state index in [4.69, 9.17) is 15.2 Å². The van der Waals surface area contributed by atoms with Crippen LogP contribution in [0.4, 0.5) is 4.79 Å². The van der Waals surface area contributed by atoms with Crippen molar-refractivity contribution >= 4 is 18.5 Å². The first-order chi connectivity index (χ1) is 18.1. The molecule has 2 aliphatic rings. The third-order valence-corrected chi connectivity index (χ3v) is 6.45. The zero-order valence-electron chi connectivity index (χ0n) is 20.9. The van der Waals surface area contributed by atoms with E-state index in [1.165, 1.54) is 49.4 Å². The summed E-state index contributed by atoms with van der Waals surface area (Å²) in [5.41, 5.74) is 11.4. The zero-order chi connectivity index (χ0) is 25.9. The van der Waals surface area contributed by atoms with E-state index >= 15 is 0 Å². The molecule has 0 bridgehead atoms. The molecule has 5 rings (SSSR count). The quantitative estimate of drug-likeness (QED) is 0.230. The maximum Gasteiger partial charge on any atom is 0.332 e. The minimum absolute atomic E-state index is 0.376. The van der Waals surface area contributed by atoms with E-state index in [9.17, 15) is 9.59 Å². The molecule has 3 aromatic rings. The molecule has 0 aliphatic heterocycles. The lowest BCUT2D eigenvalue weighted by atomic mass is 9.98. The number of ether oxygens (including phenoxy) is 2. The minimum atomic E-state index is -0.687. The van der Waals surface area contributed by atoms with Crippen LogP contribution in [-0.2, 0) is 12.8 Å². The third-order valence-electron chi connectivity index (χ3n) is 6.45. The Kier molecular flexibility index (Phi) is 9.29. The summed E-state index contributed by atoms with van der Waals surface area (Å²) in [6.07, 6.45) is 12.5. The molecule has 7 heteroatoms. The summed E-state index contributed by atoms with van der Waals surface area (Å²) in [5.74, 6) is 2.50. The Morgan fingerprint density at radius 3 is 2.16 bits per heavy atom. The molecular weight excluding hydrogens is 466 g/mol. The smallest absolute Gasteiger partial charge is 0.332 e. The number of urea groups is 1. The molecule has 2 aliphatic carbocycles. The van der Waals surface area contributed by atoms with Crippen LogP contribution in [0.1, 0.15) is 65.6 Å². The number of primary amides is 1. The number of nitrogens with one attached hydrogen (secondary N) is 1. The number of amides is 2. The second-order valence-corrected chi connectivity index (χ2v) is 9.25. The molecule has 0 atom stereocenters. The van der Waals surface area contributed by atoms with Crippen molar-refractivity contribution in [1.29, 1.82) is 0 Å². The van der Waals surface area contributed by atoms with E-state index in [-0.39, 0.29) is 0 Å². The first kappa shape index (κ1) is 25.9. The summed E-state index contributed by atoms with van der Waals surface area (Å²) in [7, 11) is 0. The lowest BCUT2D eigenvalue weighted by molar-refractivity contribution is 0.112. The summed E-state index contributed by atoms with van der Waals surface area (Å²) in [6.45, 7) is 0. The zero-order valence-corrected chi connectivity index (χ0v) is 20.9. The SMILES string of the molecule is NC(=O)NN=Cc1ccc(Oc2ccc3c(c2)CCC3)cc1.O=Cc1ccc(OC2CCCCC2)cc1. The van der Waals surface area contributed by atoms with Crippen molar-refractivity contribution < 1.29 is 19.1 Å². The normalized spacial score (nSPS) is 14.8. The van der Waals surface area contributed by atoms with Crippen molar-refractivity contribution in [3.05, 3.63) is 89.0 Å². The largest absolute Gasteiger partial charge is 0.490 e. The molecule has 3 aromatic carbocycles. The third kappa shape index (κ3) is 8.20. The molecule has 7 nitrogen and oxygen atoms in total. The van der Waals surface area contributed by atoms with Gasteiger partial charge in [0.15, 0.2) is 0 Å². The summed E-state index contributed by atoms with van der Waals surface area (Å²) in [4.78, 5) is 21.0. The number of aldehydes is 1. The summed E-state index contributed by atoms with van der Waals surface area (Å²) in [6, 6.07) is 20.4. The van der Waals surface area contributed by atoms with Gasteiger partial charge in [0.2, 0.25) is 0 Å². The Bertz CT molecular complexity index is 1200. The second kappa shape index (κ2) is 13.3. The Labute approximate surface area is 217 Å². The highest BCUT2D eigenvalue weighted by Gasteiger charge is 2.14. The molecule has 0 unspecified atom stereocenters. The van der Waals surface area contributed by atoms with Crippen LogP contribution < -0.4 is 20.6 Å². The molecule has 0 saturated heterocycles. The van der Waals surface area contributed by atoms with E-state index in [0.29, 0.717) is 11.7 Å². The van der Waals surface area contributed by atoms with Gasteiger partial charge in [0.25, 0.3) is 0 Å². The van der Waals surface area contributed by atoms with Crippen molar-refractivity contribution in [2.45, 2.75) is 57.5 Å².